The fourth-order valence-electron chi connectivity index (χ4n) is 1.35. The third-order valence-electron chi connectivity index (χ3n) is 2.27. The van der Waals surface area contributed by atoms with Gasteiger partial charge in [-0.2, -0.15) is 4.94 Å². The van der Waals surface area contributed by atoms with Gasteiger partial charge in [0.15, 0.2) is 11.5 Å². The zero-order chi connectivity index (χ0) is 14.0. The van der Waals surface area contributed by atoms with Gasteiger partial charge in [-0.05, 0) is 28.1 Å². The summed E-state index contributed by atoms with van der Waals surface area (Å²) in [6.45, 7) is 4.28. The lowest BCUT2D eigenvalue weighted by Crippen LogP contribution is -2.04. The summed E-state index contributed by atoms with van der Waals surface area (Å²) in [6, 6.07) is 5.72. The van der Waals surface area contributed by atoms with Crippen LogP contribution in [-0.2, 0) is 4.94 Å². The molecule has 0 aromatic heterocycles. The minimum atomic E-state index is -0.0882. The van der Waals surface area contributed by atoms with Crippen LogP contribution in [0, 0.1) is 0 Å². The summed E-state index contributed by atoms with van der Waals surface area (Å²) in [4.78, 5) is 3.43. The molecule has 0 aliphatic rings. The van der Waals surface area contributed by atoms with E-state index in [1.54, 1.807) is 7.11 Å². The number of methoxy groups -OCH3 is 1. The van der Waals surface area contributed by atoms with Crippen LogP contribution in [0.1, 0.15) is 25.3 Å². The lowest BCUT2D eigenvalue weighted by Gasteiger charge is -2.13. The van der Waals surface area contributed by atoms with Crippen molar-refractivity contribution in [2.75, 3.05) is 20.3 Å². The van der Waals surface area contributed by atoms with Crippen molar-refractivity contribution >= 4 is 0 Å². The first-order valence-electron chi connectivity index (χ1n) is 5.37. The summed E-state index contributed by atoms with van der Waals surface area (Å²) < 4.78 is 38.0. The highest BCUT2D eigenvalue weighted by atomic mass is 20.0. The van der Waals surface area contributed by atoms with Crippen molar-refractivity contribution in [3.63, 3.8) is 0 Å². The molecule has 104 valence electrons. The molecule has 0 heterocycles. The van der Waals surface area contributed by atoms with Gasteiger partial charge in [-0.25, -0.2) is 0 Å². The van der Waals surface area contributed by atoms with Gasteiger partial charge in [-0.1, -0.05) is 19.9 Å². The second-order valence-corrected chi connectivity index (χ2v) is 3.73. The Morgan fingerprint density at radius 2 is 1.78 bits per heavy atom. The molecule has 0 amide bonds. The van der Waals surface area contributed by atoms with E-state index in [4.69, 9.17) is 18.6 Å². The molecule has 0 radical (unpaired) electrons. The largest absolute Gasteiger partial charge is 0.493 e. The monoisotopic (exact) mass is 266 g/mol. The molecule has 0 saturated heterocycles. The number of benzene rings is 1. The standard InChI is InChI=1S/C12H17FO3.F2/c1-9(2)10-4-5-11(12(8-10)14-3)15-6-7-16-13;1-2/h4-5,8-9H,6-7H2,1-3H3;. The molecule has 1 aromatic rings. The van der Waals surface area contributed by atoms with E-state index in [1.165, 1.54) is 5.56 Å². The van der Waals surface area contributed by atoms with Gasteiger partial charge >= 0.3 is 0 Å². The Bertz CT molecular complexity index is 332. The molecular weight excluding hydrogens is 249 g/mol. The van der Waals surface area contributed by atoms with Crippen LogP contribution in [-0.4, -0.2) is 20.3 Å². The molecule has 3 nitrogen and oxygen atoms in total. The Kier molecular flexibility index (Phi) is 8.82. The van der Waals surface area contributed by atoms with Gasteiger partial charge in [0.05, 0.1) is 7.11 Å². The Hall–Kier alpha value is -1.43. The summed E-state index contributed by atoms with van der Waals surface area (Å²) in [5, 5.41) is 0. The van der Waals surface area contributed by atoms with Crippen LogP contribution < -0.4 is 9.47 Å². The molecular formula is C12H17F3O3. The van der Waals surface area contributed by atoms with Crippen molar-refractivity contribution < 1.29 is 28.1 Å². The van der Waals surface area contributed by atoms with E-state index in [0.717, 1.165) is 0 Å². The van der Waals surface area contributed by atoms with Gasteiger partial charge in [0.25, 0.3) is 0 Å². The Morgan fingerprint density at radius 1 is 1.11 bits per heavy atom. The Morgan fingerprint density at radius 3 is 2.28 bits per heavy atom. The van der Waals surface area contributed by atoms with Gasteiger partial charge in [-0.3, -0.25) is 0 Å². The first kappa shape index (κ1) is 16.6. The third-order valence-corrected chi connectivity index (χ3v) is 2.27. The maximum absolute atomic E-state index is 11.4. The molecule has 0 N–H and O–H groups in total. The molecule has 0 fully saturated rings. The van der Waals surface area contributed by atoms with Gasteiger partial charge in [-0.15, -0.1) is 0 Å². The molecule has 1 aromatic carbocycles. The third kappa shape index (κ3) is 5.27. The molecule has 6 heteroatoms. The second kappa shape index (κ2) is 9.58. The fourth-order valence-corrected chi connectivity index (χ4v) is 1.35. The van der Waals surface area contributed by atoms with Crippen LogP contribution in [0.2, 0.25) is 0 Å². The first-order chi connectivity index (χ1) is 8.69. The molecule has 0 unspecified atom stereocenters. The highest BCUT2D eigenvalue weighted by Gasteiger charge is 2.07. The van der Waals surface area contributed by atoms with Crippen molar-refractivity contribution in [2.24, 2.45) is 0 Å². The first-order valence-corrected chi connectivity index (χ1v) is 5.37. The number of hydrogen-bond donors (Lipinski definition) is 0. The second-order valence-electron chi connectivity index (χ2n) is 3.73. The molecule has 18 heavy (non-hydrogen) atoms. The van der Waals surface area contributed by atoms with Crippen LogP contribution in [0.5, 0.6) is 11.5 Å². The van der Waals surface area contributed by atoms with Crippen LogP contribution in [0.25, 0.3) is 0 Å². The average molecular weight is 266 g/mol. The lowest BCUT2D eigenvalue weighted by atomic mass is 10.0. The smallest absolute Gasteiger partial charge is 0.161 e. The SMILES string of the molecule is COc1cc(C(C)C)ccc1OCCOF.FF. The van der Waals surface area contributed by atoms with E-state index in [0.29, 0.717) is 17.4 Å². The minimum Gasteiger partial charge on any atom is -0.493 e. The fraction of sp³-hybridized carbons (Fsp3) is 0.500. The lowest BCUT2D eigenvalue weighted by molar-refractivity contribution is -0.138. The molecule has 0 aliphatic heterocycles. The zero-order valence-electron chi connectivity index (χ0n) is 10.6. The molecule has 0 atom stereocenters. The zero-order valence-corrected chi connectivity index (χ0v) is 10.6. The average Bonchev–Trinajstić information content (AvgIpc) is 2.41. The van der Waals surface area contributed by atoms with E-state index in [2.05, 4.69) is 18.8 Å². The van der Waals surface area contributed by atoms with Crippen LogP contribution in [0.15, 0.2) is 18.2 Å². The maximum atomic E-state index is 11.4. The minimum absolute atomic E-state index is 0.0882. The van der Waals surface area contributed by atoms with Gasteiger partial charge < -0.3 is 9.47 Å². The van der Waals surface area contributed by atoms with Crippen molar-refractivity contribution in [2.45, 2.75) is 19.8 Å². The number of hydrogen-bond acceptors (Lipinski definition) is 3. The van der Waals surface area contributed by atoms with Crippen LogP contribution >= 0.6 is 0 Å². The molecule has 0 spiro atoms. The van der Waals surface area contributed by atoms with Gasteiger partial charge in [0.2, 0.25) is 0 Å². The summed E-state index contributed by atoms with van der Waals surface area (Å²) in [5.41, 5.74) is 1.17. The van der Waals surface area contributed by atoms with Crippen LogP contribution in [0.3, 0.4) is 0 Å². The van der Waals surface area contributed by atoms with Gasteiger partial charge in [0.1, 0.15) is 13.2 Å². The normalized spacial score (nSPS) is 9.72. The van der Waals surface area contributed by atoms with Crippen molar-refractivity contribution in [3.8, 4) is 11.5 Å². The van der Waals surface area contributed by atoms with E-state index < -0.39 is 0 Å². The summed E-state index contributed by atoms with van der Waals surface area (Å²) in [6.07, 6.45) is 0. The maximum Gasteiger partial charge on any atom is 0.161 e. The summed E-state index contributed by atoms with van der Waals surface area (Å²) in [5.74, 6) is 1.69. The quantitative estimate of drug-likeness (QED) is 0.730. The van der Waals surface area contributed by atoms with Crippen molar-refractivity contribution in [1.29, 1.82) is 0 Å². The van der Waals surface area contributed by atoms with E-state index in [-0.39, 0.29) is 13.2 Å². The van der Waals surface area contributed by atoms with Gasteiger partial charge in [0, 0.05) is 9.15 Å². The molecule has 0 bridgehead atoms. The van der Waals surface area contributed by atoms with E-state index >= 15 is 0 Å². The highest BCUT2D eigenvalue weighted by Crippen LogP contribution is 2.30. The molecule has 0 aliphatic carbocycles. The predicted octanol–water partition coefficient (Wildman–Crippen LogP) is 3.94. The molecule has 1 rings (SSSR count). The van der Waals surface area contributed by atoms with E-state index in [1.807, 2.05) is 18.2 Å². The van der Waals surface area contributed by atoms with E-state index in [9.17, 15) is 4.53 Å². The van der Waals surface area contributed by atoms with Crippen molar-refractivity contribution in [3.05, 3.63) is 23.8 Å². The van der Waals surface area contributed by atoms with Crippen LogP contribution in [0.4, 0.5) is 13.7 Å². The Labute approximate surface area is 104 Å². The topological polar surface area (TPSA) is 27.7 Å². The molecule has 0 saturated carbocycles. The number of ether oxygens (including phenoxy) is 2. The van der Waals surface area contributed by atoms with Crippen molar-refractivity contribution in [1.82, 2.24) is 0 Å². The highest BCUT2D eigenvalue weighted by molar-refractivity contribution is 5.43. The number of halogens is 3. The predicted molar refractivity (Wildman–Crippen MR) is 61.9 cm³/mol. The summed E-state index contributed by atoms with van der Waals surface area (Å²) in [7, 11) is 1.58. The summed E-state index contributed by atoms with van der Waals surface area (Å²) >= 11 is 0. The Balaban J connectivity index is 0.00000137. The number of rotatable bonds is 6.